The van der Waals surface area contributed by atoms with Crippen LogP contribution in [0.1, 0.15) is 26.2 Å². The molecule has 2 amide bonds. The number of piperidine rings is 1. The maximum absolute atomic E-state index is 12.0. The van der Waals surface area contributed by atoms with E-state index in [-0.39, 0.29) is 17.7 Å². The van der Waals surface area contributed by atoms with Gasteiger partial charge in [0.1, 0.15) is 12.4 Å². The van der Waals surface area contributed by atoms with E-state index in [2.05, 4.69) is 15.5 Å². The van der Waals surface area contributed by atoms with E-state index in [4.69, 9.17) is 4.74 Å². The Kier molecular flexibility index (Phi) is 8.25. The van der Waals surface area contributed by atoms with Gasteiger partial charge < -0.3 is 15.4 Å². The first kappa shape index (κ1) is 19.2. The molecule has 2 N–H and O–H groups in total. The molecule has 1 aliphatic rings. The lowest BCUT2D eigenvalue weighted by Gasteiger charge is -2.30. The zero-order valence-electron chi connectivity index (χ0n) is 15.0. The van der Waals surface area contributed by atoms with Crippen molar-refractivity contribution < 1.29 is 14.3 Å². The number of amides is 2. The molecule has 0 unspecified atom stereocenters. The number of para-hydroxylation sites is 1. The number of benzene rings is 1. The quantitative estimate of drug-likeness (QED) is 0.663. The van der Waals surface area contributed by atoms with Crippen LogP contribution >= 0.6 is 0 Å². The largest absolute Gasteiger partial charge is 0.492 e. The van der Waals surface area contributed by atoms with E-state index in [9.17, 15) is 9.59 Å². The molecule has 1 aromatic rings. The molecule has 0 saturated carbocycles. The molecule has 6 nitrogen and oxygen atoms in total. The number of hydrogen-bond acceptors (Lipinski definition) is 4. The molecule has 0 atom stereocenters. The summed E-state index contributed by atoms with van der Waals surface area (Å²) in [5.41, 5.74) is 0. The number of likely N-dealkylation sites (tertiary alicyclic amines) is 1. The van der Waals surface area contributed by atoms with Crippen molar-refractivity contribution in [2.24, 2.45) is 5.92 Å². The average Bonchev–Trinajstić information content (AvgIpc) is 2.65. The van der Waals surface area contributed by atoms with E-state index in [1.807, 2.05) is 37.3 Å². The molecule has 0 bridgehead atoms. The molecular weight excluding hydrogens is 318 g/mol. The van der Waals surface area contributed by atoms with Crippen LogP contribution in [0.3, 0.4) is 0 Å². The zero-order valence-corrected chi connectivity index (χ0v) is 15.0. The number of nitrogens with zero attached hydrogens (tertiary/aromatic N) is 1. The van der Waals surface area contributed by atoms with Crippen molar-refractivity contribution in [3.05, 3.63) is 30.3 Å². The monoisotopic (exact) mass is 347 g/mol. The molecule has 1 heterocycles. The fourth-order valence-electron chi connectivity index (χ4n) is 2.88. The van der Waals surface area contributed by atoms with Crippen LogP contribution in [0.25, 0.3) is 0 Å². The van der Waals surface area contributed by atoms with Crippen molar-refractivity contribution in [3.63, 3.8) is 0 Å². The predicted molar refractivity (Wildman–Crippen MR) is 97.4 cm³/mol. The highest BCUT2D eigenvalue weighted by Gasteiger charge is 2.25. The Hall–Kier alpha value is -2.08. The van der Waals surface area contributed by atoms with Crippen LogP contribution in [0.4, 0.5) is 0 Å². The van der Waals surface area contributed by atoms with Gasteiger partial charge in [-0.05, 0) is 44.5 Å². The fourth-order valence-corrected chi connectivity index (χ4v) is 2.88. The third kappa shape index (κ3) is 7.13. The molecule has 1 aromatic carbocycles. The van der Waals surface area contributed by atoms with E-state index in [1.54, 1.807) is 0 Å². The standard InChI is InChI=1S/C19H29N3O3/c1-2-10-21-19(24)16-8-12-22(13-9-16)15-18(23)20-11-14-25-17-6-4-3-5-7-17/h3-7,16H,2,8-15H2,1H3,(H,20,23)(H,21,24). The van der Waals surface area contributed by atoms with Crippen LogP contribution in [0.2, 0.25) is 0 Å². The van der Waals surface area contributed by atoms with Gasteiger partial charge in [-0.1, -0.05) is 25.1 Å². The smallest absolute Gasteiger partial charge is 0.234 e. The Labute approximate surface area is 149 Å². The van der Waals surface area contributed by atoms with Gasteiger partial charge in [-0.3, -0.25) is 14.5 Å². The number of ether oxygens (including phenoxy) is 1. The summed E-state index contributed by atoms with van der Waals surface area (Å²) in [5, 5.41) is 5.83. The summed E-state index contributed by atoms with van der Waals surface area (Å²) in [6, 6.07) is 9.55. The van der Waals surface area contributed by atoms with Gasteiger partial charge in [-0.2, -0.15) is 0 Å². The van der Waals surface area contributed by atoms with Crippen LogP contribution < -0.4 is 15.4 Å². The van der Waals surface area contributed by atoms with Gasteiger partial charge in [0, 0.05) is 12.5 Å². The van der Waals surface area contributed by atoms with Gasteiger partial charge in [0.2, 0.25) is 11.8 Å². The minimum atomic E-state index is 0.00514. The normalized spacial score (nSPS) is 15.6. The van der Waals surface area contributed by atoms with Crippen LogP contribution in [0.15, 0.2) is 30.3 Å². The van der Waals surface area contributed by atoms with Crippen molar-refractivity contribution in [3.8, 4) is 5.75 Å². The van der Waals surface area contributed by atoms with Gasteiger partial charge in [0.15, 0.2) is 0 Å². The summed E-state index contributed by atoms with van der Waals surface area (Å²) in [7, 11) is 0. The maximum atomic E-state index is 12.0. The van der Waals surface area contributed by atoms with Crippen molar-refractivity contribution in [1.82, 2.24) is 15.5 Å². The Bertz CT molecular complexity index is 528. The van der Waals surface area contributed by atoms with E-state index in [1.165, 1.54) is 0 Å². The molecule has 0 radical (unpaired) electrons. The second-order valence-corrected chi connectivity index (χ2v) is 6.35. The first-order chi connectivity index (χ1) is 12.2. The number of rotatable bonds is 9. The van der Waals surface area contributed by atoms with E-state index >= 15 is 0 Å². The lowest BCUT2D eigenvalue weighted by atomic mass is 9.96. The number of carbonyl (C=O) groups is 2. The molecule has 2 rings (SSSR count). The molecule has 1 saturated heterocycles. The molecule has 25 heavy (non-hydrogen) atoms. The second-order valence-electron chi connectivity index (χ2n) is 6.35. The number of carbonyl (C=O) groups excluding carboxylic acids is 2. The van der Waals surface area contributed by atoms with Crippen LogP contribution in [-0.2, 0) is 9.59 Å². The molecule has 0 aromatic heterocycles. The Morgan fingerprint density at radius 3 is 2.52 bits per heavy atom. The minimum absolute atomic E-state index is 0.00514. The summed E-state index contributed by atoms with van der Waals surface area (Å²) in [6.07, 6.45) is 2.60. The van der Waals surface area contributed by atoms with Crippen molar-refractivity contribution in [1.29, 1.82) is 0 Å². The number of nitrogens with one attached hydrogen (secondary N) is 2. The second kappa shape index (κ2) is 10.7. The molecule has 6 heteroatoms. The van der Waals surface area contributed by atoms with Crippen LogP contribution in [0, 0.1) is 5.92 Å². The first-order valence-corrected chi connectivity index (χ1v) is 9.13. The summed E-state index contributed by atoms with van der Waals surface area (Å²) >= 11 is 0. The van der Waals surface area contributed by atoms with Gasteiger partial charge in [-0.25, -0.2) is 0 Å². The Morgan fingerprint density at radius 1 is 1.12 bits per heavy atom. The zero-order chi connectivity index (χ0) is 17.9. The van der Waals surface area contributed by atoms with Gasteiger partial charge in [0.25, 0.3) is 0 Å². The maximum Gasteiger partial charge on any atom is 0.234 e. The minimum Gasteiger partial charge on any atom is -0.492 e. The van der Waals surface area contributed by atoms with Crippen LogP contribution in [-0.4, -0.2) is 56.0 Å². The Morgan fingerprint density at radius 2 is 1.84 bits per heavy atom. The van der Waals surface area contributed by atoms with Crippen LogP contribution in [0.5, 0.6) is 5.75 Å². The molecule has 1 fully saturated rings. The molecule has 0 spiro atoms. The lowest BCUT2D eigenvalue weighted by Crippen LogP contribution is -2.45. The van der Waals surface area contributed by atoms with Gasteiger partial charge in [-0.15, -0.1) is 0 Å². The van der Waals surface area contributed by atoms with Crippen molar-refractivity contribution >= 4 is 11.8 Å². The highest BCUT2D eigenvalue weighted by atomic mass is 16.5. The first-order valence-electron chi connectivity index (χ1n) is 9.13. The third-order valence-electron chi connectivity index (χ3n) is 4.31. The van der Waals surface area contributed by atoms with E-state index in [0.717, 1.165) is 44.6 Å². The highest BCUT2D eigenvalue weighted by Crippen LogP contribution is 2.17. The highest BCUT2D eigenvalue weighted by molar-refractivity contribution is 5.79. The summed E-state index contributed by atoms with van der Waals surface area (Å²) < 4.78 is 5.55. The summed E-state index contributed by atoms with van der Waals surface area (Å²) in [5.74, 6) is 1.06. The average molecular weight is 347 g/mol. The Balaban J connectivity index is 1.56. The molecule has 0 aliphatic carbocycles. The number of hydrogen-bond donors (Lipinski definition) is 2. The van der Waals surface area contributed by atoms with Crippen molar-refractivity contribution in [2.45, 2.75) is 26.2 Å². The summed E-state index contributed by atoms with van der Waals surface area (Å²) in [4.78, 5) is 26.1. The van der Waals surface area contributed by atoms with Crippen molar-refractivity contribution in [2.75, 3.05) is 39.3 Å². The van der Waals surface area contributed by atoms with Gasteiger partial charge >= 0.3 is 0 Å². The van der Waals surface area contributed by atoms with E-state index < -0.39 is 0 Å². The summed E-state index contributed by atoms with van der Waals surface area (Å²) in [6.45, 7) is 5.70. The fraction of sp³-hybridized carbons (Fsp3) is 0.579. The lowest BCUT2D eigenvalue weighted by molar-refractivity contribution is -0.126. The SMILES string of the molecule is CCCNC(=O)C1CCN(CC(=O)NCCOc2ccccc2)CC1. The molecule has 1 aliphatic heterocycles. The van der Waals surface area contributed by atoms with E-state index in [0.29, 0.717) is 19.7 Å². The molecule has 138 valence electrons. The van der Waals surface area contributed by atoms with Gasteiger partial charge in [0.05, 0.1) is 13.1 Å². The predicted octanol–water partition coefficient (Wildman–Crippen LogP) is 1.42. The third-order valence-corrected chi connectivity index (χ3v) is 4.31. The molecular formula is C19H29N3O3. The topological polar surface area (TPSA) is 70.7 Å².